The van der Waals surface area contributed by atoms with Crippen LogP contribution in [0.1, 0.15) is 127 Å². The van der Waals surface area contributed by atoms with Crippen LogP contribution in [-0.2, 0) is 46.2 Å². The standard InChI is InChI=1S/C39H58F3N6O9P/c1-2-3-4-5-6-7-8-9-10-11-12-13-14-15-16-17-22-53-25-30(54-24-29-18-20-32(45-23-29)39(40,41)42)26-55-58(51,52)57-37-34(49)35(50)38(27-43,56-37)33-21-19-31-36(44)46-28-47-48(31)33/h18-21,23,28,30,34-35,37,49-50H,2-17,22,24-26H2,1H3,(H,51,52)(H2,44,46,47)/t30-,34+,35-,37-,38+/m1/s1. The number of nitrogens with zero attached hydrogens (tertiary/aromatic N) is 5. The smallest absolute Gasteiger partial charge is 0.386 e. The van der Waals surface area contributed by atoms with Crippen LogP contribution in [0.5, 0.6) is 0 Å². The summed E-state index contributed by atoms with van der Waals surface area (Å²) in [5.74, 6) is 0.0591. The Balaban J connectivity index is 1.23. The third kappa shape index (κ3) is 14.2. The highest BCUT2D eigenvalue weighted by Crippen LogP contribution is 2.50. The predicted molar refractivity (Wildman–Crippen MR) is 207 cm³/mol. The van der Waals surface area contributed by atoms with Crippen molar-refractivity contribution in [2.45, 2.75) is 153 Å². The lowest BCUT2D eigenvalue weighted by Gasteiger charge is -2.24. The molecule has 0 saturated carbocycles. The van der Waals surface area contributed by atoms with Gasteiger partial charge in [0, 0.05) is 12.8 Å². The van der Waals surface area contributed by atoms with Gasteiger partial charge in [-0.15, -0.1) is 0 Å². The largest absolute Gasteiger partial charge is 0.474 e. The van der Waals surface area contributed by atoms with Crippen molar-refractivity contribution >= 4 is 19.2 Å². The molecule has 1 aliphatic heterocycles. The number of anilines is 1. The van der Waals surface area contributed by atoms with Crippen LogP contribution >= 0.6 is 7.82 Å². The molecule has 1 unspecified atom stereocenters. The highest BCUT2D eigenvalue weighted by molar-refractivity contribution is 7.47. The summed E-state index contributed by atoms with van der Waals surface area (Å²) < 4.78 is 80.7. The van der Waals surface area contributed by atoms with E-state index in [9.17, 15) is 38.1 Å². The van der Waals surface area contributed by atoms with Crippen molar-refractivity contribution in [1.82, 2.24) is 19.6 Å². The number of ether oxygens (including phenoxy) is 3. The number of aliphatic hydroxyl groups is 2. The number of alkyl halides is 3. The van der Waals surface area contributed by atoms with E-state index in [0.717, 1.165) is 44.3 Å². The Morgan fingerprint density at radius 2 is 1.57 bits per heavy atom. The van der Waals surface area contributed by atoms with Crippen molar-refractivity contribution in [1.29, 1.82) is 5.26 Å². The number of phosphoric ester groups is 1. The number of hydrogen-bond acceptors (Lipinski definition) is 13. The molecule has 0 spiro atoms. The lowest BCUT2D eigenvalue weighted by molar-refractivity contribution is -0.145. The maximum Gasteiger partial charge on any atom is 0.474 e. The summed E-state index contributed by atoms with van der Waals surface area (Å²) in [5, 5.41) is 35.8. The first-order chi connectivity index (χ1) is 27.8. The minimum atomic E-state index is -5.09. The Morgan fingerprint density at radius 3 is 2.14 bits per heavy atom. The highest BCUT2D eigenvalue weighted by atomic mass is 31.2. The molecule has 5 N–H and O–H groups in total. The molecule has 324 valence electrons. The van der Waals surface area contributed by atoms with Gasteiger partial charge >= 0.3 is 14.0 Å². The molecule has 6 atom stereocenters. The Hall–Kier alpha value is -3.24. The Kier molecular flexibility index (Phi) is 19.2. The van der Waals surface area contributed by atoms with Crippen molar-refractivity contribution in [2.75, 3.05) is 25.6 Å². The average molecular weight is 843 g/mol. The number of aromatic nitrogens is 4. The summed E-state index contributed by atoms with van der Waals surface area (Å²) in [4.78, 5) is 17.9. The lowest BCUT2D eigenvalue weighted by atomic mass is 9.93. The summed E-state index contributed by atoms with van der Waals surface area (Å²) >= 11 is 0. The van der Waals surface area contributed by atoms with Crippen LogP contribution < -0.4 is 5.73 Å². The van der Waals surface area contributed by atoms with Gasteiger partial charge in [-0.25, -0.2) is 14.1 Å². The number of unbranched alkanes of at least 4 members (excludes halogenated alkanes) is 15. The normalized spacial score (nSPS) is 21.3. The van der Waals surface area contributed by atoms with Gasteiger partial charge in [0.2, 0.25) is 5.60 Å². The van der Waals surface area contributed by atoms with Gasteiger partial charge in [-0.05, 0) is 30.2 Å². The number of phosphoric acid groups is 1. The van der Waals surface area contributed by atoms with Crippen molar-refractivity contribution < 1.29 is 56.1 Å². The molecule has 4 rings (SSSR count). The molecule has 58 heavy (non-hydrogen) atoms. The zero-order chi connectivity index (χ0) is 42.0. The predicted octanol–water partition coefficient (Wildman–Crippen LogP) is 7.52. The number of halogens is 3. The number of aliphatic hydroxyl groups excluding tert-OH is 2. The van der Waals surface area contributed by atoms with Gasteiger partial charge in [-0.1, -0.05) is 109 Å². The van der Waals surface area contributed by atoms with E-state index in [4.69, 9.17) is 29.0 Å². The van der Waals surface area contributed by atoms with Gasteiger partial charge in [0.1, 0.15) is 41.9 Å². The number of nitrogen functional groups attached to an aromatic ring is 1. The van der Waals surface area contributed by atoms with E-state index in [-0.39, 0.29) is 30.2 Å². The first-order valence-corrected chi connectivity index (χ1v) is 21.7. The van der Waals surface area contributed by atoms with E-state index in [1.54, 1.807) is 6.07 Å². The Labute approximate surface area is 337 Å². The van der Waals surface area contributed by atoms with Crippen LogP contribution in [0, 0.1) is 11.3 Å². The molecule has 0 aromatic carbocycles. The van der Waals surface area contributed by atoms with Gasteiger partial charge in [0.15, 0.2) is 12.1 Å². The molecule has 19 heteroatoms. The molecule has 1 saturated heterocycles. The number of nitriles is 1. The van der Waals surface area contributed by atoms with Crippen LogP contribution in [0.3, 0.4) is 0 Å². The zero-order valence-electron chi connectivity index (χ0n) is 33.1. The molecule has 1 aliphatic rings. The van der Waals surface area contributed by atoms with Crippen LogP contribution in [0.25, 0.3) is 5.52 Å². The molecule has 4 heterocycles. The van der Waals surface area contributed by atoms with Gasteiger partial charge in [0.05, 0.1) is 25.5 Å². The quantitative estimate of drug-likeness (QED) is 0.0411. The van der Waals surface area contributed by atoms with Gasteiger partial charge in [-0.2, -0.15) is 23.5 Å². The van der Waals surface area contributed by atoms with Crippen molar-refractivity contribution in [3.8, 4) is 6.07 Å². The van der Waals surface area contributed by atoms with Crippen LogP contribution in [-0.4, -0.2) is 79.1 Å². The van der Waals surface area contributed by atoms with Crippen molar-refractivity contribution in [3.63, 3.8) is 0 Å². The second-order valence-electron chi connectivity index (χ2n) is 14.7. The van der Waals surface area contributed by atoms with Crippen LogP contribution in [0.15, 0.2) is 36.8 Å². The second-order valence-corrected chi connectivity index (χ2v) is 16.1. The molecule has 0 amide bonds. The minimum Gasteiger partial charge on any atom is -0.386 e. The van der Waals surface area contributed by atoms with Gasteiger partial charge < -0.3 is 35.1 Å². The fraction of sp³-hybridized carbons (Fsp3) is 0.692. The number of hydrogen-bond donors (Lipinski definition) is 4. The SMILES string of the molecule is CCCCCCCCCCCCCCCCCCOC[C@H](COP(=O)(O)O[C@H]1O[C@@](C#N)(c2ccc3c(N)ncnn23)[C@H](O)[C@@H]1O)OCc1ccc(C(F)(F)F)nc1. The first kappa shape index (κ1) is 47.4. The second kappa shape index (κ2) is 23.5. The average Bonchev–Trinajstić information content (AvgIpc) is 3.74. The summed E-state index contributed by atoms with van der Waals surface area (Å²) in [5.41, 5.74) is 3.02. The monoisotopic (exact) mass is 842 g/mol. The van der Waals surface area contributed by atoms with E-state index in [2.05, 4.69) is 22.0 Å². The van der Waals surface area contributed by atoms with Crippen molar-refractivity contribution in [3.05, 3.63) is 53.7 Å². The number of fused-ring (bicyclic) bond motifs is 1. The third-order valence-electron chi connectivity index (χ3n) is 10.1. The Bertz CT molecular complexity index is 1750. The van der Waals surface area contributed by atoms with E-state index in [1.165, 1.54) is 99.8 Å². The summed E-state index contributed by atoms with van der Waals surface area (Å²) in [7, 11) is -5.09. The van der Waals surface area contributed by atoms with Crippen LogP contribution in [0.2, 0.25) is 0 Å². The molecule has 3 aromatic heterocycles. The van der Waals surface area contributed by atoms with E-state index >= 15 is 0 Å². The third-order valence-corrected chi connectivity index (χ3v) is 11.0. The fourth-order valence-electron chi connectivity index (χ4n) is 6.73. The number of nitrogens with two attached hydrogens (primary N) is 1. The summed E-state index contributed by atoms with van der Waals surface area (Å²) in [6.45, 7) is 1.70. The molecular weight excluding hydrogens is 784 g/mol. The molecule has 0 radical (unpaired) electrons. The maximum absolute atomic E-state index is 13.1. The highest BCUT2D eigenvalue weighted by Gasteiger charge is 2.59. The van der Waals surface area contributed by atoms with E-state index in [1.807, 2.05) is 0 Å². The van der Waals surface area contributed by atoms with E-state index < -0.39 is 56.5 Å². The molecule has 1 fully saturated rings. The lowest BCUT2D eigenvalue weighted by Crippen LogP contribution is -2.40. The number of rotatable bonds is 28. The van der Waals surface area contributed by atoms with Gasteiger partial charge in [0.25, 0.3) is 0 Å². The molecular formula is C39H58F3N6O9P. The minimum absolute atomic E-state index is 0.0573. The molecule has 0 aliphatic carbocycles. The number of pyridine rings is 1. The fourth-order valence-corrected chi connectivity index (χ4v) is 7.58. The van der Waals surface area contributed by atoms with Gasteiger partial charge in [-0.3, -0.25) is 14.0 Å². The summed E-state index contributed by atoms with van der Waals surface area (Å²) in [6.07, 6.45) is 10.1. The molecule has 0 bridgehead atoms. The van der Waals surface area contributed by atoms with E-state index in [0.29, 0.717) is 12.2 Å². The maximum atomic E-state index is 13.1. The van der Waals surface area contributed by atoms with Crippen LogP contribution in [0.4, 0.5) is 19.0 Å². The first-order valence-electron chi connectivity index (χ1n) is 20.2. The zero-order valence-corrected chi connectivity index (χ0v) is 34.0. The topological polar surface area (TPSA) is 217 Å². The summed E-state index contributed by atoms with van der Waals surface area (Å²) in [6, 6.07) is 6.64. The molecule has 3 aromatic rings. The Morgan fingerprint density at radius 1 is 0.948 bits per heavy atom. The van der Waals surface area contributed by atoms with Crippen molar-refractivity contribution in [2.24, 2.45) is 0 Å². The molecule has 15 nitrogen and oxygen atoms in total.